The summed E-state index contributed by atoms with van der Waals surface area (Å²) in [5.74, 6) is 0.443. The third kappa shape index (κ3) is 3.23. The molecule has 3 heteroatoms. The van der Waals surface area contributed by atoms with Crippen molar-refractivity contribution < 1.29 is 9.90 Å². The fraction of sp³-hybridized carbons (Fsp3) is 0.562. The molecule has 1 aliphatic rings. The van der Waals surface area contributed by atoms with Gasteiger partial charge in [0.15, 0.2) is 5.78 Å². The van der Waals surface area contributed by atoms with Crippen LogP contribution in [0, 0.1) is 5.92 Å². The van der Waals surface area contributed by atoms with Crippen molar-refractivity contribution in [1.29, 1.82) is 0 Å². The van der Waals surface area contributed by atoms with Crippen LogP contribution in [0.4, 0.5) is 0 Å². The smallest absolute Gasteiger partial charge is 0.179 e. The average Bonchev–Trinajstić information content (AvgIpc) is 2.44. The number of carbonyl (C=O) groups excluding carboxylic acids is 1. The lowest BCUT2D eigenvalue weighted by atomic mass is 9.92. The second kappa shape index (κ2) is 6.31. The van der Waals surface area contributed by atoms with Crippen LogP contribution in [0.3, 0.4) is 0 Å². The standard InChI is InChI=1S/C16H23NO2/c1-3-14(16(19)13-7-5-4-6-8-13)17-10-9-15(18)12(2)11-17/h4-8,12,14-15,18H,3,9-11H2,1-2H3. The summed E-state index contributed by atoms with van der Waals surface area (Å²) in [6, 6.07) is 9.44. The number of hydrogen-bond donors (Lipinski definition) is 1. The molecule has 0 aromatic heterocycles. The summed E-state index contributed by atoms with van der Waals surface area (Å²) < 4.78 is 0. The van der Waals surface area contributed by atoms with Gasteiger partial charge in [0.25, 0.3) is 0 Å². The van der Waals surface area contributed by atoms with E-state index in [2.05, 4.69) is 18.7 Å². The van der Waals surface area contributed by atoms with Crippen LogP contribution in [-0.4, -0.2) is 41.0 Å². The van der Waals surface area contributed by atoms with Gasteiger partial charge in [-0.2, -0.15) is 0 Å². The molecule has 3 nitrogen and oxygen atoms in total. The van der Waals surface area contributed by atoms with Crippen LogP contribution in [0.5, 0.6) is 0 Å². The first-order valence-electron chi connectivity index (χ1n) is 7.14. The van der Waals surface area contributed by atoms with Gasteiger partial charge in [-0.3, -0.25) is 9.69 Å². The van der Waals surface area contributed by atoms with Gasteiger partial charge >= 0.3 is 0 Å². The molecule has 1 aliphatic heterocycles. The van der Waals surface area contributed by atoms with Crippen LogP contribution < -0.4 is 0 Å². The fourth-order valence-corrected chi connectivity index (χ4v) is 2.85. The Morgan fingerprint density at radius 1 is 1.42 bits per heavy atom. The van der Waals surface area contributed by atoms with Crippen molar-refractivity contribution in [1.82, 2.24) is 4.90 Å². The molecular weight excluding hydrogens is 238 g/mol. The highest BCUT2D eigenvalue weighted by Gasteiger charge is 2.31. The first-order valence-corrected chi connectivity index (χ1v) is 7.14. The first kappa shape index (κ1) is 14.2. The summed E-state index contributed by atoms with van der Waals surface area (Å²) in [6.07, 6.45) is 1.36. The van der Waals surface area contributed by atoms with Crippen molar-refractivity contribution in [3.63, 3.8) is 0 Å². The van der Waals surface area contributed by atoms with Gasteiger partial charge in [-0.05, 0) is 18.8 Å². The van der Waals surface area contributed by atoms with E-state index in [0.717, 1.165) is 31.5 Å². The van der Waals surface area contributed by atoms with E-state index in [4.69, 9.17) is 0 Å². The summed E-state index contributed by atoms with van der Waals surface area (Å²) in [5.41, 5.74) is 0.785. The summed E-state index contributed by atoms with van der Waals surface area (Å²) in [7, 11) is 0. The zero-order valence-corrected chi connectivity index (χ0v) is 11.7. The highest BCUT2D eigenvalue weighted by Crippen LogP contribution is 2.21. The Bertz CT molecular complexity index is 418. The molecule has 0 spiro atoms. The molecular formula is C16H23NO2. The van der Waals surface area contributed by atoms with Crippen LogP contribution in [0.2, 0.25) is 0 Å². The number of aliphatic hydroxyl groups is 1. The Morgan fingerprint density at radius 2 is 2.11 bits per heavy atom. The topological polar surface area (TPSA) is 40.5 Å². The van der Waals surface area contributed by atoms with Gasteiger partial charge in [-0.15, -0.1) is 0 Å². The molecule has 1 aromatic carbocycles. The number of carbonyl (C=O) groups is 1. The summed E-state index contributed by atoms with van der Waals surface area (Å²) in [4.78, 5) is 14.8. The van der Waals surface area contributed by atoms with Crippen LogP contribution >= 0.6 is 0 Å². The van der Waals surface area contributed by atoms with E-state index in [-0.39, 0.29) is 23.8 Å². The Morgan fingerprint density at radius 3 is 2.68 bits per heavy atom. The highest BCUT2D eigenvalue weighted by atomic mass is 16.3. The van der Waals surface area contributed by atoms with E-state index >= 15 is 0 Å². The van der Waals surface area contributed by atoms with Gasteiger partial charge in [0, 0.05) is 18.7 Å². The molecule has 0 saturated carbocycles. The molecule has 1 fully saturated rings. The second-order valence-corrected chi connectivity index (χ2v) is 5.48. The molecule has 0 amide bonds. The van der Waals surface area contributed by atoms with Crippen molar-refractivity contribution in [2.75, 3.05) is 13.1 Å². The lowest BCUT2D eigenvalue weighted by Gasteiger charge is -2.38. The maximum Gasteiger partial charge on any atom is 0.179 e. The number of benzene rings is 1. The Kier molecular flexibility index (Phi) is 4.72. The quantitative estimate of drug-likeness (QED) is 0.846. The van der Waals surface area contributed by atoms with Gasteiger partial charge in [0.1, 0.15) is 0 Å². The number of rotatable bonds is 4. The van der Waals surface area contributed by atoms with Crippen LogP contribution in [-0.2, 0) is 0 Å². The predicted octanol–water partition coefficient (Wildman–Crippen LogP) is 2.35. The molecule has 3 atom stereocenters. The van der Waals surface area contributed by atoms with E-state index in [9.17, 15) is 9.90 Å². The molecule has 0 bridgehead atoms. The normalized spacial score (nSPS) is 26.1. The SMILES string of the molecule is CCC(C(=O)c1ccccc1)N1CCC(O)C(C)C1. The van der Waals surface area contributed by atoms with Crippen LogP contribution in [0.15, 0.2) is 30.3 Å². The molecule has 1 heterocycles. The molecule has 1 N–H and O–H groups in total. The molecule has 0 aliphatic carbocycles. The van der Waals surface area contributed by atoms with Crippen molar-refractivity contribution >= 4 is 5.78 Å². The number of piperidine rings is 1. The number of hydrogen-bond acceptors (Lipinski definition) is 3. The Hall–Kier alpha value is -1.19. The molecule has 19 heavy (non-hydrogen) atoms. The summed E-state index contributed by atoms with van der Waals surface area (Å²) in [5, 5.41) is 9.79. The number of nitrogens with zero attached hydrogens (tertiary/aromatic N) is 1. The highest BCUT2D eigenvalue weighted by molar-refractivity contribution is 6.00. The van der Waals surface area contributed by atoms with Crippen molar-refractivity contribution in [3.8, 4) is 0 Å². The third-order valence-corrected chi connectivity index (χ3v) is 4.08. The van der Waals surface area contributed by atoms with E-state index in [1.165, 1.54) is 0 Å². The summed E-state index contributed by atoms with van der Waals surface area (Å²) >= 11 is 0. The van der Waals surface area contributed by atoms with Crippen molar-refractivity contribution in [2.24, 2.45) is 5.92 Å². The van der Waals surface area contributed by atoms with Gasteiger partial charge < -0.3 is 5.11 Å². The molecule has 0 radical (unpaired) electrons. The van der Waals surface area contributed by atoms with E-state index in [0.29, 0.717) is 0 Å². The first-order chi connectivity index (χ1) is 9.13. The van der Waals surface area contributed by atoms with Gasteiger partial charge in [-0.25, -0.2) is 0 Å². The molecule has 2 rings (SSSR count). The lowest BCUT2D eigenvalue weighted by Crippen LogP contribution is -2.49. The maximum atomic E-state index is 12.6. The Labute approximate surface area is 115 Å². The monoisotopic (exact) mass is 261 g/mol. The zero-order chi connectivity index (χ0) is 13.8. The molecule has 3 unspecified atom stereocenters. The van der Waals surface area contributed by atoms with Gasteiger partial charge in [-0.1, -0.05) is 44.2 Å². The predicted molar refractivity (Wildman–Crippen MR) is 76.2 cm³/mol. The summed E-state index contributed by atoms with van der Waals surface area (Å²) in [6.45, 7) is 5.72. The fourth-order valence-electron chi connectivity index (χ4n) is 2.85. The second-order valence-electron chi connectivity index (χ2n) is 5.48. The minimum atomic E-state index is -0.222. The van der Waals surface area contributed by atoms with Gasteiger partial charge in [0.05, 0.1) is 12.1 Å². The number of likely N-dealkylation sites (tertiary alicyclic amines) is 1. The van der Waals surface area contributed by atoms with E-state index in [1.807, 2.05) is 30.3 Å². The minimum Gasteiger partial charge on any atom is -0.393 e. The van der Waals surface area contributed by atoms with Crippen LogP contribution in [0.25, 0.3) is 0 Å². The van der Waals surface area contributed by atoms with Crippen molar-refractivity contribution in [3.05, 3.63) is 35.9 Å². The van der Waals surface area contributed by atoms with Crippen LogP contribution in [0.1, 0.15) is 37.0 Å². The number of Topliss-reactive ketones (excluding diaryl/α,β-unsaturated/α-hetero) is 1. The molecule has 104 valence electrons. The molecule has 1 saturated heterocycles. The van der Waals surface area contributed by atoms with Gasteiger partial charge in [0.2, 0.25) is 0 Å². The number of aliphatic hydroxyl groups excluding tert-OH is 1. The Balaban J connectivity index is 2.10. The molecule has 1 aromatic rings. The largest absolute Gasteiger partial charge is 0.393 e. The van der Waals surface area contributed by atoms with E-state index in [1.54, 1.807) is 0 Å². The maximum absolute atomic E-state index is 12.6. The minimum absolute atomic E-state index is 0.0580. The number of ketones is 1. The van der Waals surface area contributed by atoms with E-state index < -0.39 is 0 Å². The average molecular weight is 261 g/mol. The lowest BCUT2D eigenvalue weighted by molar-refractivity contribution is 0.0170. The van der Waals surface area contributed by atoms with Crippen molar-refractivity contribution in [2.45, 2.75) is 38.8 Å². The zero-order valence-electron chi connectivity index (χ0n) is 11.7. The third-order valence-electron chi connectivity index (χ3n) is 4.08.